The lowest BCUT2D eigenvalue weighted by molar-refractivity contribution is 0.0693. The molecule has 1 N–H and O–H groups in total. The topological polar surface area (TPSA) is 73.3 Å². The van der Waals surface area contributed by atoms with Crippen LogP contribution in [0.4, 0.5) is 0 Å². The number of hydrogen-bond acceptors (Lipinski definition) is 5. The molecule has 1 amide bonds. The molecule has 4 rings (SSSR count). The smallest absolute Gasteiger partial charge is 0.272 e. The van der Waals surface area contributed by atoms with E-state index in [4.69, 9.17) is 9.47 Å². The van der Waals surface area contributed by atoms with Gasteiger partial charge in [0.05, 0.1) is 0 Å². The Hall–Kier alpha value is -2.51. The van der Waals surface area contributed by atoms with Crippen molar-refractivity contribution in [2.24, 2.45) is 0 Å². The first-order valence-electron chi connectivity index (χ1n) is 8.77. The molecule has 0 unspecified atom stereocenters. The third kappa shape index (κ3) is 4.43. The number of nitrogens with one attached hydrogen (secondary N) is 1. The zero-order chi connectivity index (χ0) is 18.6. The molecule has 0 saturated carbocycles. The second-order valence-electron chi connectivity index (χ2n) is 6.37. The molecule has 2 heterocycles. The van der Waals surface area contributed by atoms with E-state index >= 15 is 0 Å². The fourth-order valence-electron chi connectivity index (χ4n) is 2.98. The summed E-state index contributed by atoms with van der Waals surface area (Å²) in [5.74, 6) is 0.782. The number of benzene rings is 2. The fourth-order valence-corrected chi connectivity index (χ4v) is 3.35. The molecular weight excluding hydrogens is 410 g/mol. The average molecular weight is 428 g/mol. The van der Waals surface area contributed by atoms with Crippen LogP contribution in [0.5, 0.6) is 11.6 Å². The normalized spacial score (nSPS) is 14.9. The van der Waals surface area contributed by atoms with Crippen molar-refractivity contribution in [1.29, 1.82) is 0 Å². The third-order valence-corrected chi connectivity index (χ3v) is 4.92. The minimum absolute atomic E-state index is 0.126. The van der Waals surface area contributed by atoms with Crippen LogP contribution in [-0.4, -0.2) is 35.4 Å². The Balaban J connectivity index is 1.42. The number of hydrogen-bond donors (Lipinski definition) is 1. The van der Waals surface area contributed by atoms with Crippen LogP contribution in [0.15, 0.2) is 53.0 Å². The number of amides is 1. The minimum atomic E-state index is -0.225. The molecule has 0 aliphatic carbocycles. The van der Waals surface area contributed by atoms with Gasteiger partial charge in [-0.05, 0) is 53.9 Å². The van der Waals surface area contributed by atoms with Crippen LogP contribution < -0.4 is 10.1 Å². The number of carbonyl (C=O) groups is 1. The van der Waals surface area contributed by atoms with Crippen LogP contribution in [0.3, 0.4) is 0 Å². The summed E-state index contributed by atoms with van der Waals surface area (Å²) in [4.78, 5) is 12.3. The maximum Gasteiger partial charge on any atom is 0.272 e. The van der Waals surface area contributed by atoms with Gasteiger partial charge in [-0.3, -0.25) is 4.79 Å². The Labute approximate surface area is 165 Å². The molecule has 0 bridgehead atoms. The SMILES string of the molecule is O=C(NC1CCOCC1)c1ccc(Oc2ccc3cc(Br)ccc3c2)nn1. The standard InChI is InChI=1S/C20H18BrN3O3/c21-15-3-1-14-12-17(4-2-13(14)11-15)27-19-6-5-18(23-24-19)20(25)22-16-7-9-26-10-8-16/h1-6,11-12,16H,7-10H2,(H,22,25). The third-order valence-electron chi connectivity index (χ3n) is 4.43. The van der Waals surface area contributed by atoms with E-state index in [0.29, 0.717) is 24.8 Å². The van der Waals surface area contributed by atoms with Gasteiger partial charge in [0.2, 0.25) is 5.88 Å². The van der Waals surface area contributed by atoms with Crippen LogP contribution in [0, 0.1) is 0 Å². The van der Waals surface area contributed by atoms with Crippen molar-refractivity contribution in [2.75, 3.05) is 13.2 Å². The van der Waals surface area contributed by atoms with E-state index < -0.39 is 0 Å². The lowest BCUT2D eigenvalue weighted by Crippen LogP contribution is -2.39. The van der Waals surface area contributed by atoms with Gasteiger partial charge in [-0.15, -0.1) is 10.2 Å². The van der Waals surface area contributed by atoms with Crippen molar-refractivity contribution in [3.8, 4) is 11.6 Å². The van der Waals surface area contributed by atoms with E-state index in [0.717, 1.165) is 28.1 Å². The molecule has 3 aromatic rings. The van der Waals surface area contributed by atoms with E-state index in [9.17, 15) is 4.79 Å². The summed E-state index contributed by atoms with van der Waals surface area (Å²) in [6.45, 7) is 1.35. The first-order chi connectivity index (χ1) is 13.2. The zero-order valence-corrected chi connectivity index (χ0v) is 16.1. The number of fused-ring (bicyclic) bond motifs is 1. The van der Waals surface area contributed by atoms with Crippen molar-refractivity contribution in [1.82, 2.24) is 15.5 Å². The van der Waals surface area contributed by atoms with Crippen LogP contribution in [0.2, 0.25) is 0 Å². The maximum absolute atomic E-state index is 12.3. The fraction of sp³-hybridized carbons (Fsp3) is 0.250. The largest absolute Gasteiger partial charge is 0.438 e. The number of halogens is 1. The van der Waals surface area contributed by atoms with Crippen LogP contribution >= 0.6 is 15.9 Å². The molecule has 6 nitrogen and oxygen atoms in total. The highest BCUT2D eigenvalue weighted by molar-refractivity contribution is 9.10. The van der Waals surface area contributed by atoms with Gasteiger partial charge in [0.25, 0.3) is 5.91 Å². The molecule has 1 fully saturated rings. The summed E-state index contributed by atoms with van der Waals surface area (Å²) in [6, 6.07) is 15.2. The first-order valence-corrected chi connectivity index (χ1v) is 9.56. The predicted molar refractivity (Wildman–Crippen MR) is 105 cm³/mol. The number of aromatic nitrogens is 2. The molecule has 0 radical (unpaired) electrons. The Morgan fingerprint density at radius 1 is 1.04 bits per heavy atom. The predicted octanol–water partition coefficient (Wildman–Crippen LogP) is 4.09. The summed E-state index contributed by atoms with van der Waals surface area (Å²) in [5, 5.41) is 13.1. The molecule has 0 spiro atoms. The lowest BCUT2D eigenvalue weighted by atomic mass is 10.1. The molecule has 1 saturated heterocycles. The van der Waals surface area contributed by atoms with Gasteiger partial charge in [0.1, 0.15) is 5.75 Å². The molecule has 1 aliphatic heterocycles. The number of rotatable bonds is 4. The summed E-state index contributed by atoms with van der Waals surface area (Å²) < 4.78 is 12.1. The van der Waals surface area contributed by atoms with Crippen molar-refractivity contribution in [3.05, 3.63) is 58.7 Å². The summed E-state index contributed by atoms with van der Waals surface area (Å²) in [6.07, 6.45) is 1.64. The highest BCUT2D eigenvalue weighted by Gasteiger charge is 2.18. The Morgan fingerprint density at radius 2 is 1.81 bits per heavy atom. The molecule has 2 aromatic carbocycles. The highest BCUT2D eigenvalue weighted by Crippen LogP contribution is 2.26. The van der Waals surface area contributed by atoms with Gasteiger partial charge < -0.3 is 14.8 Å². The molecule has 27 heavy (non-hydrogen) atoms. The second-order valence-corrected chi connectivity index (χ2v) is 7.29. The molecule has 0 atom stereocenters. The Bertz CT molecular complexity index is 956. The summed E-state index contributed by atoms with van der Waals surface area (Å²) in [7, 11) is 0. The van der Waals surface area contributed by atoms with Gasteiger partial charge in [-0.25, -0.2) is 0 Å². The van der Waals surface area contributed by atoms with Crippen LogP contribution in [0.1, 0.15) is 23.3 Å². The average Bonchev–Trinajstić information content (AvgIpc) is 2.69. The van der Waals surface area contributed by atoms with Gasteiger partial charge in [-0.2, -0.15) is 0 Å². The monoisotopic (exact) mass is 427 g/mol. The van der Waals surface area contributed by atoms with E-state index in [-0.39, 0.29) is 17.6 Å². The van der Waals surface area contributed by atoms with Crippen molar-refractivity contribution >= 4 is 32.6 Å². The number of nitrogens with zero attached hydrogens (tertiary/aromatic N) is 2. The summed E-state index contributed by atoms with van der Waals surface area (Å²) >= 11 is 3.47. The maximum atomic E-state index is 12.3. The molecule has 1 aliphatic rings. The van der Waals surface area contributed by atoms with Crippen molar-refractivity contribution in [3.63, 3.8) is 0 Å². The van der Waals surface area contributed by atoms with Gasteiger partial charge in [0, 0.05) is 29.8 Å². The Kier molecular flexibility index (Phi) is 5.31. The van der Waals surface area contributed by atoms with E-state index in [2.05, 4.69) is 31.4 Å². The Morgan fingerprint density at radius 3 is 2.59 bits per heavy atom. The van der Waals surface area contributed by atoms with E-state index in [1.165, 1.54) is 0 Å². The zero-order valence-electron chi connectivity index (χ0n) is 14.5. The van der Waals surface area contributed by atoms with Gasteiger partial charge in [-0.1, -0.05) is 28.1 Å². The number of carbonyl (C=O) groups excluding carboxylic acids is 1. The van der Waals surface area contributed by atoms with Crippen molar-refractivity contribution < 1.29 is 14.3 Å². The first kappa shape index (κ1) is 17.9. The molecular formula is C20H18BrN3O3. The minimum Gasteiger partial charge on any atom is -0.438 e. The highest BCUT2D eigenvalue weighted by atomic mass is 79.9. The van der Waals surface area contributed by atoms with Gasteiger partial charge >= 0.3 is 0 Å². The van der Waals surface area contributed by atoms with E-state index in [1.807, 2.05) is 36.4 Å². The van der Waals surface area contributed by atoms with E-state index in [1.54, 1.807) is 12.1 Å². The second kappa shape index (κ2) is 8.02. The quantitative estimate of drug-likeness (QED) is 0.678. The molecule has 138 valence electrons. The van der Waals surface area contributed by atoms with Gasteiger partial charge in [0.15, 0.2) is 5.69 Å². The molecule has 1 aromatic heterocycles. The lowest BCUT2D eigenvalue weighted by Gasteiger charge is -2.22. The molecule has 7 heteroatoms. The van der Waals surface area contributed by atoms with Crippen LogP contribution in [-0.2, 0) is 4.74 Å². The number of ether oxygens (including phenoxy) is 2. The summed E-state index contributed by atoms with van der Waals surface area (Å²) in [5.41, 5.74) is 0.275. The van der Waals surface area contributed by atoms with Crippen molar-refractivity contribution in [2.45, 2.75) is 18.9 Å². The van der Waals surface area contributed by atoms with Crippen LogP contribution in [0.25, 0.3) is 10.8 Å².